The Morgan fingerprint density at radius 1 is 1.03 bits per heavy atom. The molecule has 0 fully saturated rings. The largest absolute Gasteiger partial charge is 0.344 e. The number of hydrogen-bond acceptors (Lipinski definition) is 2. The predicted octanol–water partition coefficient (Wildman–Crippen LogP) is 6.52. The maximum absolute atomic E-state index is 14.0. The van der Waals surface area contributed by atoms with Gasteiger partial charge in [0.1, 0.15) is 23.0 Å². The van der Waals surface area contributed by atoms with Crippen LogP contribution in [0.3, 0.4) is 0 Å². The average molecular weight is 448 g/mol. The Bertz CT molecular complexity index is 1240. The van der Waals surface area contributed by atoms with Crippen LogP contribution in [0.5, 0.6) is 0 Å². The van der Waals surface area contributed by atoms with Gasteiger partial charge in [-0.3, -0.25) is 4.79 Å². The maximum Gasteiger partial charge on any atom is 0.270 e. The third kappa shape index (κ3) is 4.43. The number of hydrogen-bond donors (Lipinski definition) is 1. The molecule has 0 saturated carbocycles. The third-order valence-electron chi connectivity index (χ3n) is 5.35. The van der Waals surface area contributed by atoms with E-state index < -0.39 is 0 Å². The van der Waals surface area contributed by atoms with Gasteiger partial charge in [-0.05, 0) is 43.7 Å². The topological polar surface area (TPSA) is 46.9 Å². The van der Waals surface area contributed by atoms with Crippen LogP contribution in [0.15, 0.2) is 78.9 Å². The molecule has 4 aromatic rings. The van der Waals surface area contributed by atoms with Crippen molar-refractivity contribution in [1.82, 2.24) is 14.9 Å². The van der Waals surface area contributed by atoms with Crippen LogP contribution in [0.25, 0.3) is 22.6 Å². The molecule has 0 spiro atoms. The second kappa shape index (κ2) is 9.37. The smallest absolute Gasteiger partial charge is 0.270 e. The van der Waals surface area contributed by atoms with Crippen LogP contribution in [0.1, 0.15) is 35.9 Å². The lowest BCUT2D eigenvalue weighted by Gasteiger charge is -2.16. The summed E-state index contributed by atoms with van der Waals surface area (Å²) in [6, 6.07) is 22.9. The Labute approximate surface area is 191 Å². The zero-order valence-electron chi connectivity index (χ0n) is 17.8. The number of aromatic nitrogens is 2. The van der Waals surface area contributed by atoms with Gasteiger partial charge in [-0.15, -0.1) is 0 Å². The fraction of sp³-hybridized carbons (Fsp3) is 0.154. The van der Waals surface area contributed by atoms with Gasteiger partial charge in [0, 0.05) is 22.7 Å². The Morgan fingerprint density at radius 2 is 1.72 bits per heavy atom. The summed E-state index contributed by atoms with van der Waals surface area (Å²) >= 11 is 5.99. The highest BCUT2D eigenvalue weighted by atomic mass is 35.5. The number of imidazole rings is 1. The lowest BCUT2D eigenvalue weighted by molar-refractivity contribution is 0.0931. The summed E-state index contributed by atoms with van der Waals surface area (Å²) in [6.07, 6.45) is 0. The number of carbonyl (C=O) groups is 1. The summed E-state index contributed by atoms with van der Waals surface area (Å²) in [5.74, 6) is 0.00981. The zero-order chi connectivity index (χ0) is 22.7. The van der Waals surface area contributed by atoms with Gasteiger partial charge in [-0.2, -0.15) is 0 Å². The molecule has 4 nitrogen and oxygen atoms in total. The van der Waals surface area contributed by atoms with E-state index in [1.54, 1.807) is 24.3 Å². The lowest BCUT2D eigenvalue weighted by Crippen LogP contribution is -2.29. The van der Waals surface area contributed by atoms with E-state index in [0.717, 1.165) is 11.1 Å². The van der Waals surface area contributed by atoms with Gasteiger partial charge in [0.05, 0.1) is 6.04 Å². The quantitative estimate of drug-likeness (QED) is 0.365. The van der Waals surface area contributed by atoms with Gasteiger partial charge in [-0.1, -0.05) is 66.2 Å². The summed E-state index contributed by atoms with van der Waals surface area (Å²) in [5, 5.41) is 3.70. The van der Waals surface area contributed by atoms with E-state index in [-0.39, 0.29) is 17.8 Å². The molecule has 1 aromatic heterocycles. The van der Waals surface area contributed by atoms with Crippen molar-refractivity contribution < 1.29 is 9.18 Å². The number of nitrogens with zero attached hydrogens (tertiary/aromatic N) is 2. The molecular formula is C26H23ClFN3O. The van der Waals surface area contributed by atoms with Gasteiger partial charge < -0.3 is 9.88 Å². The lowest BCUT2D eigenvalue weighted by atomic mass is 10.1. The molecule has 1 N–H and O–H groups in total. The van der Waals surface area contributed by atoms with Crippen molar-refractivity contribution in [3.05, 3.63) is 101 Å². The molecule has 0 aliphatic rings. The van der Waals surface area contributed by atoms with E-state index in [9.17, 15) is 9.18 Å². The molecule has 6 heteroatoms. The highest BCUT2D eigenvalue weighted by Gasteiger charge is 2.25. The van der Waals surface area contributed by atoms with Gasteiger partial charge in [0.2, 0.25) is 0 Å². The van der Waals surface area contributed by atoms with Crippen LogP contribution in [0.4, 0.5) is 4.39 Å². The van der Waals surface area contributed by atoms with Crippen LogP contribution in [-0.2, 0) is 6.54 Å². The number of nitrogens with one attached hydrogen (secondary N) is 1. The standard InChI is InChI=1S/C26H23ClFN3O/c1-3-31-24(26(32)29-17(2)18-12-14-21(27)15-13-18)23(20-10-7-11-22(28)16-20)30-25(31)19-8-5-4-6-9-19/h4-17H,3H2,1-2H3,(H,29,32). The fourth-order valence-corrected chi connectivity index (χ4v) is 3.86. The van der Waals surface area contributed by atoms with Gasteiger partial charge in [0.15, 0.2) is 0 Å². The zero-order valence-corrected chi connectivity index (χ0v) is 18.6. The summed E-state index contributed by atoms with van der Waals surface area (Å²) in [6.45, 7) is 4.40. The highest BCUT2D eigenvalue weighted by molar-refractivity contribution is 6.30. The van der Waals surface area contributed by atoms with Crippen molar-refractivity contribution in [2.24, 2.45) is 0 Å². The molecule has 1 heterocycles. The number of halogens is 2. The summed E-state index contributed by atoms with van der Waals surface area (Å²) in [5.41, 5.74) is 3.22. The van der Waals surface area contributed by atoms with Crippen LogP contribution in [0.2, 0.25) is 5.02 Å². The molecule has 0 saturated heterocycles. The first-order valence-corrected chi connectivity index (χ1v) is 10.8. The molecule has 1 amide bonds. The summed E-state index contributed by atoms with van der Waals surface area (Å²) < 4.78 is 15.9. The van der Waals surface area contributed by atoms with E-state index in [1.807, 2.05) is 60.9 Å². The Hall–Kier alpha value is -3.44. The first-order chi connectivity index (χ1) is 15.5. The van der Waals surface area contributed by atoms with Gasteiger partial charge in [0.25, 0.3) is 5.91 Å². The van der Waals surface area contributed by atoms with Crippen LogP contribution in [0, 0.1) is 5.82 Å². The monoisotopic (exact) mass is 447 g/mol. The number of benzene rings is 3. The normalized spacial score (nSPS) is 11.9. The molecule has 0 aliphatic heterocycles. The number of amides is 1. The molecule has 4 rings (SSSR count). The summed E-state index contributed by atoms with van der Waals surface area (Å²) in [7, 11) is 0. The molecule has 0 aliphatic carbocycles. The van der Waals surface area contributed by atoms with E-state index >= 15 is 0 Å². The molecule has 1 atom stereocenters. The van der Waals surface area contributed by atoms with Crippen molar-refractivity contribution in [3.8, 4) is 22.6 Å². The molecular weight excluding hydrogens is 425 g/mol. The fourth-order valence-electron chi connectivity index (χ4n) is 3.74. The highest BCUT2D eigenvalue weighted by Crippen LogP contribution is 2.30. The van der Waals surface area contributed by atoms with E-state index in [1.165, 1.54) is 12.1 Å². The third-order valence-corrected chi connectivity index (χ3v) is 5.60. The van der Waals surface area contributed by atoms with Crippen LogP contribution >= 0.6 is 11.6 Å². The Morgan fingerprint density at radius 3 is 2.38 bits per heavy atom. The molecule has 3 aromatic carbocycles. The van der Waals surface area contributed by atoms with Crippen molar-refractivity contribution in [3.63, 3.8) is 0 Å². The second-order valence-corrected chi connectivity index (χ2v) is 7.94. The van der Waals surface area contributed by atoms with Gasteiger partial charge >= 0.3 is 0 Å². The predicted molar refractivity (Wildman–Crippen MR) is 126 cm³/mol. The Kier molecular flexibility index (Phi) is 6.37. The van der Waals surface area contributed by atoms with E-state index in [2.05, 4.69) is 5.32 Å². The molecule has 1 unspecified atom stereocenters. The van der Waals surface area contributed by atoms with Crippen molar-refractivity contribution in [2.75, 3.05) is 0 Å². The molecule has 32 heavy (non-hydrogen) atoms. The van der Waals surface area contributed by atoms with Crippen molar-refractivity contribution in [1.29, 1.82) is 0 Å². The second-order valence-electron chi connectivity index (χ2n) is 7.50. The Balaban J connectivity index is 1.80. The summed E-state index contributed by atoms with van der Waals surface area (Å²) in [4.78, 5) is 18.3. The SMILES string of the molecule is CCn1c(-c2ccccc2)nc(-c2cccc(F)c2)c1C(=O)NC(C)c1ccc(Cl)cc1. The minimum Gasteiger partial charge on any atom is -0.344 e. The maximum atomic E-state index is 14.0. The van der Waals surface area contributed by atoms with Crippen molar-refractivity contribution in [2.45, 2.75) is 26.4 Å². The van der Waals surface area contributed by atoms with Crippen LogP contribution < -0.4 is 5.32 Å². The first kappa shape index (κ1) is 21.8. The molecule has 0 radical (unpaired) electrons. The van der Waals surface area contributed by atoms with E-state index in [4.69, 9.17) is 16.6 Å². The first-order valence-electron chi connectivity index (χ1n) is 10.5. The van der Waals surface area contributed by atoms with Crippen molar-refractivity contribution >= 4 is 17.5 Å². The van der Waals surface area contributed by atoms with Gasteiger partial charge in [-0.25, -0.2) is 9.37 Å². The average Bonchev–Trinajstić information content (AvgIpc) is 3.20. The molecule has 162 valence electrons. The minimum atomic E-state index is -0.379. The minimum absolute atomic E-state index is 0.250. The number of carbonyl (C=O) groups excluding carboxylic acids is 1. The van der Waals surface area contributed by atoms with E-state index in [0.29, 0.717) is 34.3 Å². The van der Waals surface area contributed by atoms with Crippen LogP contribution in [-0.4, -0.2) is 15.5 Å². The molecule has 0 bridgehead atoms. The number of rotatable bonds is 6.